The van der Waals surface area contributed by atoms with Crippen LogP contribution in [0.15, 0.2) is 34.9 Å². The van der Waals surface area contributed by atoms with Crippen molar-refractivity contribution in [2.24, 2.45) is 17.8 Å². The average Bonchev–Trinajstić information content (AvgIpc) is 3.42. The first kappa shape index (κ1) is 20.0. The third kappa shape index (κ3) is 3.64. The van der Waals surface area contributed by atoms with Crippen molar-refractivity contribution in [3.63, 3.8) is 0 Å². The van der Waals surface area contributed by atoms with Crippen molar-refractivity contribution in [1.29, 1.82) is 0 Å². The van der Waals surface area contributed by atoms with E-state index in [-0.39, 0.29) is 23.6 Å². The van der Waals surface area contributed by atoms with Crippen LogP contribution in [0, 0.1) is 23.6 Å². The number of aromatic nitrogens is 3. The largest absolute Gasteiger partial charge is 0.441 e. The molecule has 4 bridgehead atoms. The molecule has 7 rings (SSSR count). The molecule has 4 aliphatic carbocycles. The summed E-state index contributed by atoms with van der Waals surface area (Å²) in [7, 11) is 0. The molecule has 0 atom stereocenters. The van der Waals surface area contributed by atoms with Gasteiger partial charge in [-0.2, -0.15) is 0 Å². The molecule has 0 radical (unpaired) electrons. The van der Waals surface area contributed by atoms with Crippen LogP contribution in [0.1, 0.15) is 55.8 Å². The molecule has 6 nitrogen and oxygen atoms in total. The second-order valence-electron chi connectivity index (χ2n) is 9.76. The Labute approximate surface area is 189 Å². The number of aryl methyl sites for hydroxylation is 1. The van der Waals surface area contributed by atoms with E-state index in [9.17, 15) is 9.18 Å². The molecule has 1 amide bonds. The monoisotopic (exact) mass is 452 g/mol. The summed E-state index contributed by atoms with van der Waals surface area (Å²) in [6.45, 7) is 0. The van der Waals surface area contributed by atoms with Crippen molar-refractivity contribution in [2.75, 3.05) is 5.32 Å². The number of benzene rings is 1. The average molecular weight is 453 g/mol. The molecule has 3 aromatic rings. The van der Waals surface area contributed by atoms with Crippen molar-refractivity contribution in [1.82, 2.24) is 15.2 Å². The molecule has 0 aliphatic heterocycles. The van der Waals surface area contributed by atoms with Crippen LogP contribution in [-0.2, 0) is 16.6 Å². The minimum atomic E-state index is -0.362. The predicted octanol–water partition coefficient (Wildman–Crippen LogP) is 5.37. The van der Waals surface area contributed by atoms with E-state index in [0.29, 0.717) is 28.8 Å². The van der Waals surface area contributed by atoms with Gasteiger partial charge in [-0.3, -0.25) is 4.79 Å². The number of nitrogens with zero attached hydrogens (tertiary/aromatic N) is 3. The fourth-order valence-electron chi connectivity index (χ4n) is 6.47. The number of carbonyl (C=O) groups is 1. The lowest BCUT2D eigenvalue weighted by molar-refractivity contribution is -0.116. The van der Waals surface area contributed by atoms with Gasteiger partial charge >= 0.3 is 0 Å². The van der Waals surface area contributed by atoms with Gasteiger partial charge in [-0.05, 0) is 68.4 Å². The highest BCUT2D eigenvalue weighted by atomic mass is 32.1. The van der Waals surface area contributed by atoms with Crippen LogP contribution in [0.25, 0.3) is 11.3 Å². The Hall–Kier alpha value is -2.61. The normalized spacial score (nSPS) is 28.2. The van der Waals surface area contributed by atoms with Crippen molar-refractivity contribution < 1.29 is 13.6 Å². The number of hydrogen-bond acceptors (Lipinski definition) is 6. The van der Waals surface area contributed by atoms with Crippen molar-refractivity contribution in [3.8, 4) is 11.3 Å². The van der Waals surface area contributed by atoms with Gasteiger partial charge in [0.2, 0.25) is 11.0 Å². The number of amides is 1. The highest BCUT2D eigenvalue weighted by Crippen LogP contribution is 2.61. The van der Waals surface area contributed by atoms with Crippen LogP contribution in [0.4, 0.5) is 9.52 Å². The van der Waals surface area contributed by atoms with Gasteiger partial charge in [0.05, 0.1) is 11.8 Å². The van der Waals surface area contributed by atoms with Gasteiger partial charge in [-0.15, -0.1) is 10.2 Å². The number of halogens is 1. The third-order valence-corrected chi connectivity index (χ3v) is 8.51. The van der Waals surface area contributed by atoms with E-state index in [2.05, 4.69) is 20.5 Å². The second-order valence-corrected chi connectivity index (χ2v) is 10.7. The van der Waals surface area contributed by atoms with Crippen LogP contribution < -0.4 is 5.32 Å². The molecule has 2 aromatic heterocycles. The number of carbonyl (C=O) groups excluding carboxylic acids is 1. The lowest BCUT2D eigenvalue weighted by Crippen LogP contribution is -2.48. The Morgan fingerprint density at radius 2 is 1.84 bits per heavy atom. The van der Waals surface area contributed by atoms with E-state index >= 15 is 0 Å². The number of hydrogen-bond donors (Lipinski definition) is 1. The minimum Gasteiger partial charge on any atom is -0.441 e. The van der Waals surface area contributed by atoms with Gasteiger partial charge in [0.25, 0.3) is 0 Å². The molecule has 4 aliphatic rings. The number of anilines is 1. The predicted molar refractivity (Wildman–Crippen MR) is 119 cm³/mol. The van der Waals surface area contributed by atoms with Gasteiger partial charge in [0.15, 0.2) is 11.7 Å². The smallest absolute Gasteiger partial charge is 0.226 e. The van der Waals surface area contributed by atoms with E-state index in [0.717, 1.165) is 22.8 Å². The van der Waals surface area contributed by atoms with Crippen molar-refractivity contribution in [3.05, 3.63) is 47.2 Å². The fraction of sp³-hybridized carbons (Fsp3) is 0.500. The first-order chi connectivity index (χ1) is 15.6. The quantitative estimate of drug-likeness (QED) is 0.544. The molecule has 4 saturated carbocycles. The molecule has 32 heavy (non-hydrogen) atoms. The molecule has 1 aromatic carbocycles. The van der Waals surface area contributed by atoms with Crippen LogP contribution in [0.2, 0.25) is 0 Å². The molecule has 1 N–H and O–H groups in total. The lowest BCUT2D eigenvalue weighted by Gasteiger charge is -2.55. The molecule has 0 unspecified atom stereocenters. The molecule has 4 fully saturated rings. The third-order valence-electron chi connectivity index (χ3n) is 7.42. The SMILES string of the molecule is O=C(CCc1ncc(-c2ccccc2F)o1)Nc1nnc(C23CC4CC(CC(C4)C2)C3)s1. The standard InChI is InChI=1S/C24H25FN4O2S/c25-18-4-2-1-3-17(18)19-13-26-21(31-19)6-5-20(30)27-23-29-28-22(32-23)24-10-14-7-15(11-24)9-16(8-14)12-24/h1-4,13-16H,5-12H2,(H,27,29,30). The summed E-state index contributed by atoms with van der Waals surface area (Å²) in [6.07, 6.45) is 9.91. The maximum atomic E-state index is 13.9. The van der Waals surface area contributed by atoms with Crippen LogP contribution in [0.5, 0.6) is 0 Å². The fourth-order valence-corrected chi connectivity index (χ4v) is 7.45. The van der Waals surface area contributed by atoms with Crippen LogP contribution >= 0.6 is 11.3 Å². The van der Waals surface area contributed by atoms with E-state index < -0.39 is 0 Å². The first-order valence-electron chi connectivity index (χ1n) is 11.4. The highest BCUT2D eigenvalue weighted by Gasteiger charge is 2.53. The zero-order valence-corrected chi connectivity index (χ0v) is 18.5. The topological polar surface area (TPSA) is 80.9 Å². The molecule has 8 heteroatoms. The Morgan fingerprint density at radius 3 is 2.56 bits per heavy atom. The van der Waals surface area contributed by atoms with Gasteiger partial charge in [-0.1, -0.05) is 23.5 Å². The summed E-state index contributed by atoms with van der Waals surface area (Å²) in [6, 6.07) is 6.39. The van der Waals surface area contributed by atoms with Crippen LogP contribution in [0.3, 0.4) is 0 Å². The zero-order chi connectivity index (χ0) is 21.7. The first-order valence-corrected chi connectivity index (χ1v) is 12.2. The second kappa shape index (κ2) is 7.76. The van der Waals surface area contributed by atoms with Crippen LogP contribution in [-0.4, -0.2) is 21.1 Å². The summed E-state index contributed by atoms with van der Waals surface area (Å²) >= 11 is 1.54. The molecule has 2 heterocycles. The van der Waals surface area contributed by atoms with E-state index in [1.54, 1.807) is 18.2 Å². The number of oxazole rings is 1. The summed E-state index contributed by atoms with van der Waals surface area (Å²) in [4.78, 5) is 16.7. The maximum absolute atomic E-state index is 13.9. The maximum Gasteiger partial charge on any atom is 0.226 e. The molecule has 0 saturated heterocycles. The Bertz CT molecular complexity index is 1120. The van der Waals surface area contributed by atoms with E-state index in [1.807, 2.05) is 0 Å². The summed E-state index contributed by atoms with van der Waals surface area (Å²) in [5.74, 6) is 2.80. The van der Waals surface area contributed by atoms with E-state index in [1.165, 1.54) is 62.1 Å². The van der Waals surface area contributed by atoms with Crippen molar-refractivity contribution in [2.45, 2.75) is 56.8 Å². The molecule has 0 spiro atoms. The van der Waals surface area contributed by atoms with Gasteiger partial charge in [0.1, 0.15) is 10.8 Å². The zero-order valence-electron chi connectivity index (χ0n) is 17.7. The number of nitrogens with one attached hydrogen (secondary N) is 1. The Balaban J connectivity index is 1.07. The molecule has 166 valence electrons. The summed E-state index contributed by atoms with van der Waals surface area (Å²) in [5, 5.41) is 13.4. The summed E-state index contributed by atoms with van der Waals surface area (Å²) < 4.78 is 19.6. The molecular formula is C24H25FN4O2S. The van der Waals surface area contributed by atoms with Gasteiger partial charge in [-0.25, -0.2) is 9.37 Å². The molecular weight excluding hydrogens is 427 g/mol. The lowest BCUT2D eigenvalue weighted by atomic mass is 9.50. The van der Waals surface area contributed by atoms with Crippen molar-refractivity contribution >= 4 is 22.4 Å². The van der Waals surface area contributed by atoms with Gasteiger partial charge < -0.3 is 9.73 Å². The Morgan fingerprint density at radius 1 is 1.12 bits per heavy atom. The van der Waals surface area contributed by atoms with Gasteiger partial charge in [0, 0.05) is 18.3 Å². The highest BCUT2D eigenvalue weighted by molar-refractivity contribution is 7.15. The minimum absolute atomic E-state index is 0.149. The Kier molecular flexibility index (Phi) is 4.86. The summed E-state index contributed by atoms with van der Waals surface area (Å²) in [5.41, 5.74) is 0.554. The van der Waals surface area contributed by atoms with E-state index in [4.69, 9.17) is 4.42 Å². The number of rotatable bonds is 6.